The second kappa shape index (κ2) is 23.2. The van der Waals surface area contributed by atoms with Gasteiger partial charge in [0.05, 0.1) is 0 Å². The number of para-hydroxylation sites is 2. The summed E-state index contributed by atoms with van der Waals surface area (Å²) in [7, 11) is 6.50. The van der Waals surface area contributed by atoms with Gasteiger partial charge in [-0.15, -0.1) is 0 Å². The Morgan fingerprint density at radius 1 is 0.419 bits per heavy atom. The van der Waals surface area contributed by atoms with Crippen molar-refractivity contribution < 1.29 is 9.47 Å². The summed E-state index contributed by atoms with van der Waals surface area (Å²) in [5.74, 6) is 0. The molecule has 0 unspecified atom stereocenters. The van der Waals surface area contributed by atoms with Crippen molar-refractivity contribution in [3.8, 4) is 0 Å². The average Bonchev–Trinajstić information content (AvgIpc) is 3.09. The standard InChI is InChI=1S/C32H25N.2C2H6O.2C2H6/c1-5-13-27(14-6-1)32(28-15-7-2-8-16-28)25-26-21-23-31(24-22-26)33(29-17-9-3-10-18-29)30-19-11-4-12-20-30;2*1-3-2;2*1-2/h1-25H;2*1-2H3;2*1-2H3. The van der Waals surface area contributed by atoms with Crippen LogP contribution in [0.2, 0.25) is 0 Å². The molecule has 226 valence electrons. The molecule has 0 heterocycles. The fourth-order valence-corrected chi connectivity index (χ4v) is 4.06. The van der Waals surface area contributed by atoms with Gasteiger partial charge in [-0.1, -0.05) is 137 Å². The van der Waals surface area contributed by atoms with E-state index >= 15 is 0 Å². The van der Waals surface area contributed by atoms with Gasteiger partial charge in [0.2, 0.25) is 0 Å². The van der Waals surface area contributed by atoms with Gasteiger partial charge in [-0.25, -0.2) is 0 Å². The first-order valence-corrected chi connectivity index (χ1v) is 14.8. The van der Waals surface area contributed by atoms with E-state index in [1.165, 1.54) is 22.3 Å². The van der Waals surface area contributed by atoms with E-state index in [1.807, 2.05) is 27.7 Å². The van der Waals surface area contributed by atoms with E-state index in [1.54, 1.807) is 28.4 Å². The predicted octanol–water partition coefficient (Wildman–Crippen LogP) is 11.3. The van der Waals surface area contributed by atoms with Crippen LogP contribution in [0.1, 0.15) is 44.4 Å². The van der Waals surface area contributed by atoms with Crippen LogP contribution in [0, 0.1) is 0 Å². The predicted molar refractivity (Wildman–Crippen MR) is 190 cm³/mol. The van der Waals surface area contributed by atoms with E-state index < -0.39 is 0 Å². The van der Waals surface area contributed by atoms with Crippen LogP contribution in [0.15, 0.2) is 146 Å². The van der Waals surface area contributed by atoms with E-state index in [0.29, 0.717) is 0 Å². The Morgan fingerprint density at radius 3 is 1.02 bits per heavy atom. The van der Waals surface area contributed by atoms with Gasteiger partial charge < -0.3 is 14.4 Å². The maximum absolute atomic E-state index is 4.25. The Balaban J connectivity index is 0.000000827. The molecule has 0 saturated heterocycles. The van der Waals surface area contributed by atoms with Crippen molar-refractivity contribution in [2.24, 2.45) is 0 Å². The summed E-state index contributed by atoms with van der Waals surface area (Å²) in [5.41, 5.74) is 8.22. The zero-order valence-electron chi connectivity index (χ0n) is 27.2. The number of benzene rings is 5. The van der Waals surface area contributed by atoms with Crippen molar-refractivity contribution in [2.45, 2.75) is 27.7 Å². The first-order valence-electron chi connectivity index (χ1n) is 14.8. The Hall–Kier alpha value is -4.44. The van der Waals surface area contributed by atoms with Crippen molar-refractivity contribution in [1.82, 2.24) is 0 Å². The minimum absolute atomic E-state index is 1.13. The molecule has 5 aromatic rings. The van der Waals surface area contributed by atoms with Gasteiger partial charge in [-0.3, -0.25) is 0 Å². The average molecular weight is 576 g/mol. The van der Waals surface area contributed by atoms with Crippen molar-refractivity contribution in [1.29, 1.82) is 0 Å². The lowest BCUT2D eigenvalue weighted by molar-refractivity contribution is 0.277. The Bertz CT molecular complexity index is 1270. The third-order valence-corrected chi connectivity index (χ3v) is 5.66. The minimum atomic E-state index is 1.13. The smallest absolute Gasteiger partial charge is 0.0462 e. The molecule has 0 aliphatic heterocycles. The first-order chi connectivity index (χ1) is 21.2. The number of rotatable bonds is 6. The molecule has 0 fully saturated rings. The molecule has 0 spiro atoms. The highest BCUT2D eigenvalue weighted by Gasteiger charge is 2.12. The molecule has 3 heteroatoms. The fourth-order valence-electron chi connectivity index (χ4n) is 4.06. The van der Waals surface area contributed by atoms with Crippen molar-refractivity contribution in [2.75, 3.05) is 33.3 Å². The van der Waals surface area contributed by atoms with Crippen LogP contribution >= 0.6 is 0 Å². The van der Waals surface area contributed by atoms with E-state index in [4.69, 9.17) is 0 Å². The molecular formula is C40H49NO2. The maximum atomic E-state index is 4.25. The molecule has 5 rings (SSSR count). The highest BCUT2D eigenvalue weighted by atomic mass is 16.5. The van der Waals surface area contributed by atoms with Crippen LogP contribution in [-0.2, 0) is 9.47 Å². The first kappa shape index (κ1) is 36.6. The molecule has 0 saturated carbocycles. The molecule has 0 atom stereocenters. The van der Waals surface area contributed by atoms with Crippen LogP contribution < -0.4 is 4.90 Å². The fraction of sp³-hybridized carbons (Fsp3) is 0.200. The second-order valence-corrected chi connectivity index (χ2v) is 8.70. The monoisotopic (exact) mass is 575 g/mol. The third-order valence-electron chi connectivity index (χ3n) is 5.66. The molecule has 0 amide bonds. The number of nitrogens with zero attached hydrogens (tertiary/aromatic N) is 1. The molecule has 0 N–H and O–H groups in total. The number of methoxy groups -OCH3 is 2. The summed E-state index contributed by atoms with van der Waals surface area (Å²) in [6.07, 6.45) is 2.27. The van der Waals surface area contributed by atoms with Crippen molar-refractivity contribution in [3.63, 3.8) is 0 Å². The van der Waals surface area contributed by atoms with Crippen molar-refractivity contribution in [3.05, 3.63) is 162 Å². The summed E-state index contributed by atoms with van der Waals surface area (Å²) in [6, 6.07) is 50.9. The molecule has 0 bridgehead atoms. The van der Waals surface area contributed by atoms with E-state index in [9.17, 15) is 0 Å². The van der Waals surface area contributed by atoms with Gasteiger partial charge >= 0.3 is 0 Å². The Labute approximate surface area is 261 Å². The molecule has 5 aromatic carbocycles. The van der Waals surface area contributed by atoms with Gasteiger partial charge in [0.1, 0.15) is 0 Å². The summed E-state index contributed by atoms with van der Waals surface area (Å²) in [5, 5.41) is 0. The minimum Gasteiger partial charge on any atom is -0.388 e. The molecular weight excluding hydrogens is 526 g/mol. The number of hydrogen-bond acceptors (Lipinski definition) is 3. The SMILES string of the molecule is C(=C(c1ccccc1)c1ccccc1)c1ccc(N(c2ccccc2)c2ccccc2)cc1.CC.CC.COC.COC. The largest absolute Gasteiger partial charge is 0.388 e. The van der Waals surface area contributed by atoms with Crippen LogP contribution in [0.3, 0.4) is 0 Å². The van der Waals surface area contributed by atoms with Gasteiger partial charge in [0, 0.05) is 45.5 Å². The van der Waals surface area contributed by atoms with Gasteiger partial charge in [-0.05, 0) is 64.7 Å². The lowest BCUT2D eigenvalue weighted by Crippen LogP contribution is -2.09. The zero-order chi connectivity index (χ0) is 31.7. The second-order valence-electron chi connectivity index (χ2n) is 8.70. The molecule has 0 radical (unpaired) electrons. The molecule has 0 aliphatic carbocycles. The lowest BCUT2D eigenvalue weighted by Gasteiger charge is -2.25. The molecule has 0 aliphatic rings. The van der Waals surface area contributed by atoms with Gasteiger partial charge in [0.15, 0.2) is 0 Å². The Morgan fingerprint density at radius 2 is 0.698 bits per heavy atom. The van der Waals surface area contributed by atoms with Gasteiger partial charge in [-0.2, -0.15) is 0 Å². The summed E-state index contributed by atoms with van der Waals surface area (Å²) in [4.78, 5) is 2.28. The normalized spacial score (nSPS) is 9.12. The summed E-state index contributed by atoms with van der Waals surface area (Å²) in [6.45, 7) is 8.00. The van der Waals surface area contributed by atoms with Crippen LogP contribution in [-0.4, -0.2) is 28.4 Å². The maximum Gasteiger partial charge on any atom is 0.0462 e. The Kier molecular flexibility index (Phi) is 19.7. The van der Waals surface area contributed by atoms with E-state index in [-0.39, 0.29) is 0 Å². The zero-order valence-corrected chi connectivity index (χ0v) is 27.2. The number of ether oxygens (including phenoxy) is 2. The topological polar surface area (TPSA) is 21.7 Å². The molecule has 0 aromatic heterocycles. The van der Waals surface area contributed by atoms with E-state index in [2.05, 4.69) is 166 Å². The summed E-state index contributed by atoms with van der Waals surface area (Å²) >= 11 is 0. The van der Waals surface area contributed by atoms with Crippen LogP contribution in [0.5, 0.6) is 0 Å². The number of anilines is 3. The van der Waals surface area contributed by atoms with Gasteiger partial charge in [0.25, 0.3) is 0 Å². The van der Waals surface area contributed by atoms with E-state index in [0.717, 1.165) is 17.1 Å². The quantitative estimate of drug-likeness (QED) is 0.188. The highest BCUT2D eigenvalue weighted by molar-refractivity contribution is 5.91. The highest BCUT2D eigenvalue weighted by Crippen LogP contribution is 2.34. The molecule has 3 nitrogen and oxygen atoms in total. The number of hydrogen-bond donors (Lipinski definition) is 0. The summed E-state index contributed by atoms with van der Waals surface area (Å²) < 4.78 is 8.50. The van der Waals surface area contributed by atoms with Crippen LogP contribution in [0.4, 0.5) is 17.1 Å². The molecule has 43 heavy (non-hydrogen) atoms. The van der Waals surface area contributed by atoms with Crippen molar-refractivity contribution >= 4 is 28.7 Å². The lowest BCUT2D eigenvalue weighted by atomic mass is 9.95. The van der Waals surface area contributed by atoms with Crippen LogP contribution in [0.25, 0.3) is 11.6 Å². The third kappa shape index (κ3) is 12.5.